The van der Waals surface area contributed by atoms with Crippen LogP contribution in [0.1, 0.15) is 30.9 Å². The van der Waals surface area contributed by atoms with Gasteiger partial charge in [-0.2, -0.15) is 5.10 Å². The van der Waals surface area contributed by atoms with Crippen molar-refractivity contribution in [1.29, 1.82) is 0 Å². The molecule has 0 amide bonds. The summed E-state index contributed by atoms with van der Waals surface area (Å²) in [5, 5.41) is 4.48. The monoisotopic (exact) mass is 346 g/mol. The largest absolute Gasteiger partial charge is 0.494 e. The first-order valence-corrected chi connectivity index (χ1v) is 9.09. The van der Waals surface area contributed by atoms with Crippen LogP contribution in [0, 0.1) is 25.6 Å². The van der Waals surface area contributed by atoms with Crippen molar-refractivity contribution < 1.29 is 9.13 Å². The van der Waals surface area contributed by atoms with Gasteiger partial charge in [-0.15, -0.1) is 0 Å². The summed E-state index contributed by atoms with van der Waals surface area (Å²) >= 11 is 0. The highest BCUT2D eigenvalue weighted by atomic mass is 19.1. The van der Waals surface area contributed by atoms with Crippen LogP contribution in [0.2, 0.25) is 0 Å². The lowest BCUT2D eigenvalue weighted by Crippen LogP contribution is -2.38. The van der Waals surface area contributed by atoms with Crippen LogP contribution < -0.4 is 4.74 Å². The summed E-state index contributed by atoms with van der Waals surface area (Å²) < 4.78 is 20.6. The lowest BCUT2D eigenvalue weighted by molar-refractivity contribution is 0.149. The lowest BCUT2D eigenvalue weighted by atomic mass is 9.98. The van der Waals surface area contributed by atoms with Crippen molar-refractivity contribution in [3.8, 4) is 5.75 Å². The Hall–Kier alpha value is -1.95. The standard InChI is InChI=1S/C19H27FN4O/c1-15-21-16(2)24(22-15)14-17-5-3-10-23(13-17)11-4-12-25-19-8-6-18(20)7-9-19/h6-9,17H,3-5,10-14H2,1-2H3/t17-/m0/s1. The number of hydrogen-bond donors (Lipinski definition) is 0. The van der Waals surface area contributed by atoms with Gasteiger partial charge in [0.25, 0.3) is 0 Å². The summed E-state index contributed by atoms with van der Waals surface area (Å²) in [6.45, 7) is 8.87. The molecule has 1 fully saturated rings. The fourth-order valence-electron chi connectivity index (χ4n) is 3.49. The molecule has 0 N–H and O–H groups in total. The fourth-order valence-corrected chi connectivity index (χ4v) is 3.49. The molecule has 0 radical (unpaired) electrons. The van der Waals surface area contributed by atoms with E-state index in [0.717, 1.165) is 50.0 Å². The molecule has 0 unspecified atom stereocenters. The summed E-state index contributed by atoms with van der Waals surface area (Å²) in [7, 11) is 0. The number of aromatic nitrogens is 3. The van der Waals surface area contributed by atoms with E-state index in [1.807, 2.05) is 18.5 Å². The first kappa shape index (κ1) is 17.9. The number of benzene rings is 1. The minimum Gasteiger partial charge on any atom is -0.494 e. The minimum absolute atomic E-state index is 0.232. The van der Waals surface area contributed by atoms with E-state index in [0.29, 0.717) is 12.5 Å². The Balaban J connectivity index is 1.39. The van der Waals surface area contributed by atoms with E-state index in [1.165, 1.54) is 25.0 Å². The van der Waals surface area contributed by atoms with Gasteiger partial charge in [-0.1, -0.05) is 0 Å². The summed E-state index contributed by atoms with van der Waals surface area (Å²) in [6.07, 6.45) is 3.46. The predicted octanol–water partition coefficient (Wildman–Crippen LogP) is 3.22. The summed E-state index contributed by atoms with van der Waals surface area (Å²) in [6, 6.07) is 6.21. The van der Waals surface area contributed by atoms with Gasteiger partial charge >= 0.3 is 0 Å². The van der Waals surface area contributed by atoms with E-state index in [2.05, 4.69) is 15.0 Å². The van der Waals surface area contributed by atoms with Crippen molar-refractivity contribution in [2.24, 2.45) is 5.92 Å². The smallest absolute Gasteiger partial charge is 0.147 e. The molecule has 0 spiro atoms. The zero-order valence-corrected chi connectivity index (χ0v) is 15.1. The Labute approximate surface area is 148 Å². The first-order valence-electron chi connectivity index (χ1n) is 9.09. The van der Waals surface area contributed by atoms with Crippen LogP contribution in [0.3, 0.4) is 0 Å². The third kappa shape index (κ3) is 5.26. The van der Waals surface area contributed by atoms with Gasteiger partial charge in [-0.3, -0.25) is 0 Å². The van der Waals surface area contributed by atoms with Crippen LogP contribution in [-0.4, -0.2) is 45.9 Å². The fraction of sp³-hybridized carbons (Fsp3) is 0.579. The second-order valence-electron chi connectivity index (χ2n) is 6.85. The third-order valence-electron chi connectivity index (χ3n) is 4.70. The quantitative estimate of drug-likeness (QED) is 0.722. The topological polar surface area (TPSA) is 43.2 Å². The number of ether oxygens (including phenoxy) is 1. The molecule has 1 aliphatic heterocycles. The zero-order chi connectivity index (χ0) is 17.6. The van der Waals surface area contributed by atoms with Gasteiger partial charge in [-0.25, -0.2) is 14.1 Å². The summed E-state index contributed by atoms with van der Waals surface area (Å²) in [5.41, 5.74) is 0. The van der Waals surface area contributed by atoms with E-state index in [-0.39, 0.29) is 5.82 Å². The molecular weight excluding hydrogens is 319 g/mol. The molecule has 1 aliphatic rings. The van der Waals surface area contributed by atoms with Gasteiger partial charge in [0, 0.05) is 19.6 Å². The van der Waals surface area contributed by atoms with E-state index in [9.17, 15) is 4.39 Å². The third-order valence-corrected chi connectivity index (χ3v) is 4.70. The Kier molecular flexibility index (Phi) is 6.02. The van der Waals surface area contributed by atoms with Crippen molar-refractivity contribution in [3.63, 3.8) is 0 Å². The molecule has 0 bridgehead atoms. The second-order valence-corrected chi connectivity index (χ2v) is 6.85. The SMILES string of the molecule is Cc1nc(C)n(C[C@H]2CCCN(CCCOc3ccc(F)cc3)C2)n1. The molecule has 0 aliphatic carbocycles. The predicted molar refractivity (Wildman–Crippen MR) is 95.2 cm³/mol. The molecule has 136 valence electrons. The number of halogens is 1. The highest BCUT2D eigenvalue weighted by Gasteiger charge is 2.21. The maximum Gasteiger partial charge on any atom is 0.147 e. The van der Waals surface area contributed by atoms with Crippen LogP contribution in [0.25, 0.3) is 0 Å². The maximum absolute atomic E-state index is 12.9. The number of aryl methyl sites for hydroxylation is 2. The Morgan fingerprint density at radius 3 is 2.76 bits per heavy atom. The van der Waals surface area contributed by atoms with Gasteiger partial charge in [0.05, 0.1) is 6.61 Å². The molecule has 3 rings (SSSR count). The molecule has 0 saturated carbocycles. The number of nitrogens with zero attached hydrogens (tertiary/aromatic N) is 4. The lowest BCUT2D eigenvalue weighted by Gasteiger charge is -2.32. The second kappa shape index (κ2) is 8.43. The molecule has 25 heavy (non-hydrogen) atoms. The van der Waals surface area contributed by atoms with E-state index in [1.54, 1.807) is 12.1 Å². The van der Waals surface area contributed by atoms with Crippen molar-refractivity contribution in [2.75, 3.05) is 26.2 Å². The van der Waals surface area contributed by atoms with E-state index < -0.39 is 0 Å². The van der Waals surface area contributed by atoms with Crippen LogP contribution in [0.4, 0.5) is 4.39 Å². The molecule has 6 heteroatoms. The Bertz CT molecular complexity index is 671. The number of piperidine rings is 1. The van der Waals surface area contributed by atoms with Crippen LogP contribution in [-0.2, 0) is 6.54 Å². The number of rotatable bonds is 7. The molecule has 1 aromatic carbocycles. The molecule has 5 nitrogen and oxygen atoms in total. The first-order chi connectivity index (χ1) is 12.1. The van der Waals surface area contributed by atoms with E-state index in [4.69, 9.17) is 4.74 Å². The van der Waals surface area contributed by atoms with Crippen LogP contribution >= 0.6 is 0 Å². The minimum atomic E-state index is -0.232. The molecule has 1 atom stereocenters. The Morgan fingerprint density at radius 2 is 2.04 bits per heavy atom. The van der Waals surface area contributed by atoms with Crippen molar-refractivity contribution >= 4 is 0 Å². The average molecular weight is 346 g/mol. The molecule has 2 heterocycles. The number of hydrogen-bond acceptors (Lipinski definition) is 4. The Morgan fingerprint density at radius 1 is 1.24 bits per heavy atom. The number of likely N-dealkylation sites (tertiary alicyclic amines) is 1. The van der Waals surface area contributed by atoms with Gasteiger partial charge < -0.3 is 9.64 Å². The van der Waals surface area contributed by atoms with Crippen LogP contribution in [0.15, 0.2) is 24.3 Å². The molecule has 1 aromatic heterocycles. The highest BCUT2D eigenvalue weighted by molar-refractivity contribution is 5.21. The molecular formula is C19H27FN4O. The van der Waals surface area contributed by atoms with E-state index >= 15 is 0 Å². The molecule has 1 saturated heterocycles. The van der Waals surface area contributed by atoms with Crippen molar-refractivity contribution in [1.82, 2.24) is 19.7 Å². The van der Waals surface area contributed by atoms with Gasteiger partial charge in [-0.05, 0) is 69.8 Å². The zero-order valence-electron chi connectivity index (χ0n) is 15.1. The van der Waals surface area contributed by atoms with Gasteiger partial charge in [0.15, 0.2) is 0 Å². The van der Waals surface area contributed by atoms with Crippen LogP contribution in [0.5, 0.6) is 5.75 Å². The molecule has 2 aromatic rings. The normalized spacial score (nSPS) is 18.4. The maximum atomic E-state index is 12.9. The van der Waals surface area contributed by atoms with Crippen molar-refractivity contribution in [2.45, 2.75) is 39.7 Å². The van der Waals surface area contributed by atoms with Gasteiger partial charge in [0.1, 0.15) is 23.2 Å². The highest BCUT2D eigenvalue weighted by Crippen LogP contribution is 2.19. The van der Waals surface area contributed by atoms with Gasteiger partial charge in [0.2, 0.25) is 0 Å². The summed E-state index contributed by atoms with van der Waals surface area (Å²) in [4.78, 5) is 6.90. The average Bonchev–Trinajstić information content (AvgIpc) is 2.91. The summed E-state index contributed by atoms with van der Waals surface area (Å²) in [5.74, 6) is 2.98. The van der Waals surface area contributed by atoms with Crippen molar-refractivity contribution in [3.05, 3.63) is 41.7 Å².